The van der Waals surface area contributed by atoms with Crippen molar-refractivity contribution in [2.24, 2.45) is 0 Å². The number of ether oxygens (including phenoxy) is 3. The molecule has 0 amide bonds. The summed E-state index contributed by atoms with van der Waals surface area (Å²) < 4.78 is 15.7. The highest BCUT2D eigenvalue weighted by Gasteiger charge is 2.11. The zero-order valence-electron chi connectivity index (χ0n) is 14.4. The van der Waals surface area contributed by atoms with E-state index in [0.717, 1.165) is 12.2 Å². The van der Waals surface area contributed by atoms with E-state index in [2.05, 4.69) is 10.6 Å². The lowest BCUT2D eigenvalue weighted by molar-refractivity contribution is 0.405. The summed E-state index contributed by atoms with van der Waals surface area (Å²) in [5, 5.41) is 7.25. The van der Waals surface area contributed by atoms with Crippen molar-refractivity contribution >= 4 is 34.6 Å². The average molecular weight is 381 g/mol. The first-order valence-corrected chi connectivity index (χ1v) is 8.45. The lowest BCUT2D eigenvalue weighted by Gasteiger charge is -2.15. The van der Waals surface area contributed by atoms with E-state index in [1.54, 1.807) is 33.5 Å². The van der Waals surface area contributed by atoms with E-state index in [9.17, 15) is 0 Å². The second kappa shape index (κ2) is 9.34. The van der Waals surface area contributed by atoms with Crippen LogP contribution in [0.1, 0.15) is 5.56 Å². The van der Waals surface area contributed by atoms with Gasteiger partial charge in [0.15, 0.2) is 5.11 Å². The molecule has 2 N–H and O–H groups in total. The van der Waals surface area contributed by atoms with Crippen molar-refractivity contribution in [3.05, 3.63) is 47.0 Å². The Morgan fingerprint density at radius 3 is 2.28 bits per heavy atom. The summed E-state index contributed by atoms with van der Waals surface area (Å²) in [4.78, 5) is 0. The van der Waals surface area contributed by atoms with Gasteiger partial charge in [-0.3, -0.25) is 0 Å². The largest absolute Gasteiger partial charge is 0.497 e. The molecule has 7 heteroatoms. The molecule has 0 atom stereocenters. The van der Waals surface area contributed by atoms with Gasteiger partial charge in [-0.05, 0) is 36.3 Å². The average Bonchev–Trinajstić information content (AvgIpc) is 2.63. The van der Waals surface area contributed by atoms with Gasteiger partial charge in [-0.15, -0.1) is 0 Å². The zero-order valence-corrected chi connectivity index (χ0v) is 16.0. The van der Waals surface area contributed by atoms with Crippen LogP contribution >= 0.6 is 23.8 Å². The van der Waals surface area contributed by atoms with Crippen LogP contribution < -0.4 is 24.8 Å². The number of hydrogen-bond acceptors (Lipinski definition) is 4. The first kappa shape index (κ1) is 19.1. The number of nitrogens with one attached hydrogen (secondary N) is 2. The fraction of sp³-hybridized carbons (Fsp3) is 0.278. The smallest absolute Gasteiger partial charge is 0.170 e. The van der Waals surface area contributed by atoms with E-state index in [1.165, 1.54) is 5.56 Å². The van der Waals surface area contributed by atoms with E-state index in [0.29, 0.717) is 33.9 Å². The van der Waals surface area contributed by atoms with Gasteiger partial charge >= 0.3 is 0 Å². The zero-order chi connectivity index (χ0) is 18.2. The Labute approximate surface area is 158 Å². The summed E-state index contributed by atoms with van der Waals surface area (Å²) in [6.45, 7) is 0.700. The van der Waals surface area contributed by atoms with Crippen molar-refractivity contribution in [1.82, 2.24) is 5.32 Å². The van der Waals surface area contributed by atoms with Gasteiger partial charge in [0.05, 0.1) is 32.0 Å². The molecule has 0 aliphatic carbocycles. The lowest BCUT2D eigenvalue weighted by Crippen LogP contribution is -2.30. The maximum absolute atomic E-state index is 6.10. The summed E-state index contributed by atoms with van der Waals surface area (Å²) in [7, 11) is 4.78. The van der Waals surface area contributed by atoms with Crippen molar-refractivity contribution in [3.63, 3.8) is 0 Å². The molecule has 2 rings (SSSR count). The highest BCUT2D eigenvalue weighted by atomic mass is 35.5. The number of halogens is 1. The van der Waals surface area contributed by atoms with Crippen LogP contribution in [0.2, 0.25) is 5.02 Å². The number of thiocarbonyl (C=S) groups is 1. The predicted molar refractivity (Wildman–Crippen MR) is 105 cm³/mol. The standard InChI is InChI=1S/C18H21ClN2O3S/c1-22-13-6-4-12(5-7-13)8-9-20-18(25)21-15-11-16(23-2)14(19)10-17(15)24-3/h4-7,10-11H,8-9H2,1-3H3,(H2,20,21,25). The molecule has 0 aliphatic rings. The SMILES string of the molecule is COc1ccc(CCNC(=S)Nc2cc(OC)c(Cl)cc2OC)cc1. The van der Waals surface area contributed by atoms with Crippen LogP contribution in [0.3, 0.4) is 0 Å². The number of benzene rings is 2. The fourth-order valence-electron chi connectivity index (χ4n) is 2.24. The number of anilines is 1. The monoisotopic (exact) mass is 380 g/mol. The summed E-state index contributed by atoms with van der Waals surface area (Å²) in [5.74, 6) is 1.98. The molecule has 0 spiro atoms. The van der Waals surface area contributed by atoms with Crippen LogP contribution in [0.5, 0.6) is 17.2 Å². The number of rotatable bonds is 7. The third-order valence-electron chi connectivity index (χ3n) is 3.58. The molecule has 0 unspecified atom stereocenters. The van der Waals surface area contributed by atoms with Crippen molar-refractivity contribution < 1.29 is 14.2 Å². The Balaban J connectivity index is 1.91. The lowest BCUT2D eigenvalue weighted by atomic mass is 10.1. The Bertz CT molecular complexity index is 723. The van der Waals surface area contributed by atoms with Gasteiger partial charge in [-0.1, -0.05) is 23.7 Å². The molecule has 2 aromatic rings. The van der Waals surface area contributed by atoms with Crippen LogP contribution in [-0.4, -0.2) is 33.0 Å². The molecule has 5 nitrogen and oxygen atoms in total. The minimum absolute atomic E-state index is 0.475. The molecule has 2 aromatic carbocycles. The minimum atomic E-state index is 0.475. The van der Waals surface area contributed by atoms with Crippen LogP contribution in [0.25, 0.3) is 0 Å². The Morgan fingerprint density at radius 1 is 1.00 bits per heavy atom. The van der Waals surface area contributed by atoms with E-state index in [-0.39, 0.29) is 0 Å². The first-order chi connectivity index (χ1) is 12.1. The summed E-state index contributed by atoms with van der Waals surface area (Å²) >= 11 is 11.4. The molecule has 0 aromatic heterocycles. The molecule has 0 fully saturated rings. The van der Waals surface area contributed by atoms with E-state index < -0.39 is 0 Å². The molecular weight excluding hydrogens is 360 g/mol. The maximum atomic E-state index is 6.10. The highest BCUT2D eigenvalue weighted by Crippen LogP contribution is 2.35. The molecule has 0 aliphatic heterocycles. The summed E-state index contributed by atoms with van der Waals surface area (Å²) in [6.07, 6.45) is 0.840. The van der Waals surface area contributed by atoms with Crippen molar-refractivity contribution in [2.45, 2.75) is 6.42 Å². The molecule has 0 saturated carbocycles. The van der Waals surface area contributed by atoms with Crippen LogP contribution in [-0.2, 0) is 6.42 Å². The Morgan fingerprint density at radius 2 is 1.68 bits per heavy atom. The highest BCUT2D eigenvalue weighted by molar-refractivity contribution is 7.80. The molecule has 0 bridgehead atoms. The third kappa shape index (κ3) is 5.41. The predicted octanol–water partition coefficient (Wildman–Crippen LogP) is 3.89. The second-order valence-corrected chi connectivity index (χ2v) is 5.98. The van der Waals surface area contributed by atoms with E-state index in [1.807, 2.05) is 24.3 Å². The van der Waals surface area contributed by atoms with Gasteiger partial charge in [0.1, 0.15) is 17.2 Å². The Kier molecular flexibility index (Phi) is 7.16. The van der Waals surface area contributed by atoms with Gasteiger partial charge in [-0.25, -0.2) is 0 Å². The van der Waals surface area contributed by atoms with Gasteiger partial charge < -0.3 is 24.8 Å². The maximum Gasteiger partial charge on any atom is 0.170 e. The second-order valence-electron chi connectivity index (χ2n) is 5.17. The van der Waals surface area contributed by atoms with Gasteiger partial charge in [-0.2, -0.15) is 0 Å². The molecule has 25 heavy (non-hydrogen) atoms. The molecule has 0 radical (unpaired) electrons. The summed E-state index contributed by atoms with van der Waals surface area (Å²) in [6, 6.07) is 11.4. The third-order valence-corrected chi connectivity index (χ3v) is 4.12. The normalized spacial score (nSPS) is 10.1. The molecule has 134 valence electrons. The fourth-order valence-corrected chi connectivity index (χ4v) is 2.68. The molecule has 0 saturated heterocycles. The van der Waals surface area contributed by atoms with Crippen molar-refractivity contribution in [2.75, 3.05) is 33.2 Å². The van der Waals surface area contributed by atoms with Crippen molar-refractivity contribution in [1.29, 1.82) is 0 Å². The topological polar surface area (TPSA) is 51.8 Å². The van der Waals surface area contributed by atoms with E-state index in [4.69, 9.17) is 38.0 Å². The Hall–Kier alpha value is -2.18. The van der Waals surface area contributed by atoms with Crippen LogP contribution in [0.4, 0.5) is 5.69 Å². The van der Waals surface area contributed by atoms with E-state index >= 15 is 0 Å². The van der Waals surface area contributed by atoms with Gasteiger partial charge in [0.2, 0.25) is 0 Å². The van der Waals surface area contributed by atoms with Crippen molar-refractivity contribution in [3.8, 4) is 17.2 Å². The van der Waals surface area contributed by atoms with Gasteiger partial charge in [0.25, 0.3) is 0 Å². The number of methoxy groups -OCH3 is 3. The minimum Gasteiger partial charge on any atom is -0.497 e. The molecular formula is C18H21ClN2O3S. The quantitative estimate of drug-likeness (QED) is 0.710. The van der Waals surface area contributed by atoms with Gasteiger partial charge in [0, 0.05) is 18.7 Å². The van der Waals surface area contributed by atoms with Crippen LogP contribution in [0, 0.1) is 0 Å². The molecule has 0 heterocycles. The number of hydrogen-bond donors (Lipinski definition) is 2. The summed E-state index contributed by atoms with van der Waals surface area (Å²) in [5.41, 5.74) is 1.88. The first-order valence-electron chi connectivity index (χ1n) is 7.66. The van der Waals surface area contributed by atoms with Crippen LogP contribution in [0.15, 0.2) is 36.4 Å².